The Kier molecular flexibility index (Phi) is 5.76. The van der Waals surface area contributed by atoms with Gasteiger partial charge in [0.1, 0.15) is 5.82 Å². The molecule has 0 saturated heterocycles. The molecule has 114 valence electrons. The summed E-state index contributed by atoms with van der Waals surface area (Å²) in [5.74, 6) is -0.305. The molecule has 3 nitrogen and oxygen atoms in total. The monoisotopic (exact) mass is 309 g/mol. The highest BCUT2D eigenvalue weighted by atomic mass is 35.5. The SMILES string of the molecule is CCCNC(Cc1ccc(F)cc1Cl)c1cnn(CC)c1. The predicted octanol–water partition coefficient (Wildman–Crippen LogP) is 3.98. The molecule has 0 saturated carbocycles. The van der Waals surface area contributed by atoms with Gasteiger partial charge in [0.2, 0.25) is 0 Å². The molecule has 0 aliphatic carbocycles. The third-order valence-electron chi connectivity index (χ3n) is 3.46. The number of rotatable bonds is 7. The molecule has 0 radical (unpaired) electrons. The van der Waals surface area contributed by atoms with E-state index in [2.05, 4.69) is 24.3 Å². The molecule has 1 unspecified atom stereocenters. The fourth-order valence-electron chi connectivity index (χ4n) is 2.27. The van der Waals surface area contributed by atoms with Crippen molar-refractivity contribution in [3.05, 3.63) is 52.6 Å². The van der Waals surface area contributed by atoms with Gasteiger partial charge in [0.05, 0.1) is 6.20 Å². The second-order valence-corrected chi connectivity index (χ2v) is 5.48. The molecule has 1 aromatic carbocycles. The summed E-state index contributed by atoms with van der Waals surface area (Å²) in [7, 11) is 0. The molecule has 0 aliphatic heterocycles. The first kappa shape index (κ1) is 16.0. The summed E-state index contributed by atoms with van der Waals surface area (Å²) in [6, 6.07) is 4.70. The molecule has 21 heavy (non-hydrogen) atoms. The fourth-order valence-corrected chi connectivity index (χ4v) is 2.51. The van der Waals surface area contributed by atoms with Gasteiger partial charge in [0.25, 0.3) is 0 Å². The molecular weight excluding hydrogens is 289 g/mol. The predicted molar refractivity (Wildman–Crippen MR) is 84.0 cm³/mol. The van der Waals surface area contributed by atoms with Crippen molar-refractivity contribution in [3.8, 4) is 0 Å². The Morgan fingerprint density at radius 2 is 2.19 bits per heavy atom. The summed E-state index contributed by atoms with van der Waals surface area (Å²) < 4.78 is 15.1. The lowest BCUT2D eigenvalue weighted by atomic mass is 10.0. The summed E-state index contributed by atoms with van der Waals surface area (Å²) in [6.07, 6.45) is 5.70. The van der Waals surface area contributed by atoms with E-state index in [4.69, 9.17) is 11.6 Å². The minimum Gasteiger partial charge on any atom is -0.310 e. The van der Waals surface area contributed by atoms with Crippen LogP contribution in [0.5, 0.6) is 0 Å². The second kappa shape index (κ2) is 7.57. The standard InChI is InChI=1S/C16H21ClFN3/c1-3-7-19-16(13-10-20-21(4-2)11-13)8-12-5-6-14(18)9-15(12)17/h5-6,9-11,16,19H,3-4,7-8H2,1-2H3. The maximum absolute atomic E-state index is 13.1. The number of aromatic nitrogens is 2. The smallest absolute Gasteiger partial charge is 0.124 e. The largest absolute Gasteiger partial charge is 0.310 e. The van der Waals surface area contributed by atoms with Gasteiger partial charge in [0, 0.05) is 29.4 Å². The van der Waals surface area contributed by atoms with E-state index in [9.17, 15) is 4.39 Å². The first-order chi connectivity index (χ1) is 10.1. The van der Waals surface area contributed by atoms with Crippen molar-refractivity contribution in [1.29, 1.82) is 0 Å². The van der Waals surface area contributed by atoms with E-state index in [-0.39, 0.29) is 11.9 Å². The maximum atomic E-state index is 13.1. The highest BCUT2D eigenvalue weighted by Gasteiger charge is 2.15. The minimum absolute atomic E-state index is 0.133. The van der Waals surface area contributed by atoms with E-state index in [0.29, 0.717) is 11.4 Å². The van der Waals surface area contributed by atoms with E-state index < -0.39 is 0 Å². The van der Waals surface area contributed by atoms with Crippen LogP contribution in [0.25, 0.3) is 0 Å². The minimum atomic E-state index is -0.305. The molecule has 5 heteroatoms. The first-order valence-corrected chi connectivity index (χ1v) is 7.71. The number of hydrogen-bond acceptors (Lipinski definition) is 2. The summed E-state index contributed by atoms with van der Waals surface area (Å²) >= 11 is 6.14. The summed E-state index contributed by atoms with van der Waals surface area (Å²) in [6.45, 7) is 5.95. The van der Waals surface area contributed by atoms with E-state index in [1.807, 2.05) is 17.1 Å². The van der Waals surface area contributed by atoms with Gasteiger partial charge in [0.15, 0.2) is 0 Å². The Bertz CT molecular complexity index is 583. The van der Waals surface area contributed by atoms with Crippen LogP contribution >= 0.6 is 11.6 Å². The topological polar surface area (TPSA) is 29.9 Å². The zero-order chi connectivity index (χ0) is 15.2. The van der Waals surface area contributed by atoms with Gasteiger partial charge in [-0.2, -0.15) is 5.10 Å². The molecule has 0 bridgehead atoms. The highest BCUT2D eigenvalue weighted by Crippen LogP contribution is 2.24. The number of benzene rings is 1. The van der Waals surface area contributed by atoms with Crippen LogP contribution in [0.4, 0.5) is 4.39 Å². The molecule has 0 amide bonds. The number of aryl methyl sites for hydroxylation is 1. The van der Waals surface area contributed by atoms with Crippen molar-refractivity contribution in [3.63, 3.8) is 0 Å². The Morgan fingerprint density at radius 3 is 2.81 bits per heavy atom. The van der Waals surface area contributed by atoms with E-state index in [1.54, 1.807) is 6.07 Å². The van der Waals surface area contributed by atoms with E-state index in [1.165, 1.54) is 12.1 Å². The van der Waals surface area contributed by atoms with Crippen molar-refractivity contribution >= 4 is 11.6 Å². The quantitative estimate of drug-likeness (QED) is 0.838. The molecule has 0 fully saturated rings. The van der Waals surface area contributed by atoms with Crippen LogP contribution in [-0.2, 0) is 13.0 Å². The average Bonchev–Trinajstić information content (AvgIpc) is 2.94. The Hall–Kier alpha value is -1.39. The van der Waals surface area contributed by atoms with Gasteiger partial charge < -0.3 is 5.32 Å². The third kappa shape index (κ3) is 4.29. The van der Waals surface area contributed by atoms with Gasteiger partial charge in [-0.05, 0) is 44.0 Å². The van der Waals surface area contributed by atoms with Gasteiger partial charge in [-0.3, -0.25) is 4.68 Å². The molecule has 2 aromatic rings. The number of nitrogens with zero attached hydrogens (tertiary/aromatic N) is 2. The van der Waals surface area contributed by atoms with Crippen molar-refractivity contribution in [2.45, 2.75) is 39.3 Å². The third-order valence-corrected chi connectivity index (χ3v) is 3.81. The van der Waals surface area contributed by atoms with Crippen LogP contribution in [0.2, 0.25) is 5.02 Å². The molecule has 1 heterocycles. The lowest BCUT2D eigenvalue weighted by molar-refractivity contribution is 0.527. The lowest BCUT2D eigenvalue weighted by Gasteiger charge is -2.18. The number of hydrogen-bond donors (Lipinski definition) is 1. The van der Waals surface area contributed by atoms with Crippen LogP contribution in [0, 0.1) is 5.82 Å². The van der Waals surface area contributed by atoms with Crippen molar-refractivity contribution in [1.82, 2.24) is 15.1 Å². The zero-order valence-corrected chi connectivity index (χ0v) is 13.2. The number of halogens is 2. The molecule has 0 aliphatic rings. The van der Waals surface area contributed by atoms with Gasteiger partial charge in [-0.25, -0.2) is 4.39 Å². The first-order valence-electron chi connectivity index (χ1n) is 7.33. The van der Waals surface area contributed by atoms with Gasteiger partial charge in [-0.1, -0.05) is 24.6 Å². The van der Waals surface area contributed by atoms with Crippen LogP contribution < -0.4 is 5.32 Å². The van der Waals surface area contributed by atoms with Crippen molar-refractivity contribution < 1.29 is 4.39 Å². The molecular formula is C16H21ClFN3. The molecule has 1 aromatic heterocycles. The lowest BCUT2D eigenvalue weighted by Crippen LogP contribution is -2.24. The molecule has 2 rings (SSSR count). The summed E-state index contributed by atoms with van der Waals surface area (Å²) in [4.78, 5) is 0. The van der Waals surface area contributed by atoms with Crippen LogP contribution in [-0.4, -0.2) is 16.3 Å². The Morgan fingerprint density at radius 1 is 1.38 bits per heavy atom. The van der Waals surface area contributed by atoms with Gasteiger partial charge >= 0.3 is 0 Å². The summed E-state index contributed by atoms with van der Waals surface area (Å²) in [5.41, 5.74) is 2.07. The fraction of sp³-hybridized carbons (Fsp3) is 0.438. The van der Waals surface area contributed by atoms with E-state index >= 15 is 0 Å². The van der Waals surface area contributed by atoms with Crippen LogP contribution in [0.15, 0.2) is 30.6 Å². The maximum Gasteiger partial charge on any atom is 0.124 e. The normalized spacial score (nSPS) is 12.6. The summed E-state index contributed by atoms with van der Waals surface area (Å²) in [5, 5.41) is 8.31. The molecule has 1 atom stereocenters. The molecule has 1 N–H and O–H groups in total. The van der Waals surface area contributed by atoms with Gasteiger partial charge in [-0.15, -0.1) is 0 Å². The van der Waals surface area contributed by atoms with Crippen LogP contribution in [0.1, 0.15) is 37.4 Å². The highest BCUT2D eigenvalue weighted by molar-refractivity contribution is 6.31. The van der Waals surface area contributed by atoms with E-state index in [0.717, 1.165) is 30.6 Å². The number of nitrogens with one attached hydrogen (secondary N) is 1. The zero-order valence-electron chi connectivity index (χ0n) is 12.4. The van der Waals surface area contributed by atoms with Crippen molar-refractivity contribution in [2.75, 3.05) is 6.54 Å². The Balaban J connectivity index is 2.19. The average molecular weight is 310 g/mol. The second-order valence-electron chi connectivity index (χ2n) is 5.08. The molecule has 0 spiro atoms. The van der Waals surface area contributed by atoms with Crippen molar-refractivity contribution in [2.24, 2.45) is 0 Å². The van der Waals surface area contributed by atoms with Crippen LogP contribution in [0.3, 0.4) is 0 Å². The Labute approximate surface area is 130 Å².